The van der Waals surface area contributed by atoms with Gasteiger partial charge in [-0.05, 0) is 55.0 Å². The Bertz CT molecular complexity index is 1300. The minimum Gasteiger partial charge on any atom is -0.494 e. The summed E-state index contributed by atoms with van der Waals surface area (Å²) in [4.78, 5) is 18.1. The highest BCUT2D eigenvalue weighted by Gasteiger charge is 2.17. The largest absolute Gasteiger partial charge is 0.494 e. The lowest BCUT2D eigenvalue weighted by Crippen LogP contribution is -2.16. The maximum Gasteiger partial charge on any atom is 0.256 e. The summed E-state index contributed by atoms with van der Waals surface area (Å²) < 4.78 is 16.9. The Labute approximate surface area is 192 Å². The van der Waals surface area contributed by atoms with Crippen molar-refractivity contribution in [2.24, 2.45) is 0 Å². The molecular formula is C27H24N2O4. The molecule has 0 fully saturated rings. The van der Waals surface area contributed by atoms with Gasteiger partial charge in [-0.25, -0.2) is 4.98 Å². The smallest absolute Gasteiger partial charge is 0.256 e. The number of anilines is 1. The van der Waals surface area contributed by atoms with Crippen molar-refractivity contribution in [1.29, 1.82) is 0 Å². The summed E-state index contributed by atoms with van der Waals surface area (Å²) in [6.07, 6.45) is 0.954. The average molecular weight is 440 g/mol. The molecule has 33 heavy (non-hydrogen) atoms. The molecule has 4 aromatic rings. The summed E-state index contributed by atoms with van der Waals surface area (Å²) in [6, 6.07) is 22.7. The molecule has 0 atom stereocenters. The highest BCUT2D eigenvalue weighted by atomic mass is 16.6. The number of rotatable bonds is 6. The van der Waals surface area contributed by atoms with Gasteiger partial charge in [-0.1, -0.05) is 25.1 Å². The van der Waals surface area contributed by atoms with Crippen molar-refractivity contribution in [2.45, 2.75) is 13.3 Å². The number of nitrogens with zero attached hydrogens (tertiary/aromatic N) is 1. The van der Waals surface area contributed by atoms with E-state index in [1.165, 1.54) is 0 Å². The number of fused-ring (bicyclic) bond motifs is 2. The van der Waals surface area contributed by atoms with Crippen LogP contribution < -0.4 is 19.5 Å². The maximum absolute atomic E-state index is 13.3. The zero-order valence-electron chi connectivity index (χ0n) is 18.3. The quantitative estimate of drug-likeness (QED) is 0.416. The summed E-state index contributed by atoms with van der Waals surface area (Å²) >= 11 is 0. The van der Waals surface area contributed by atoms with Crippen LogP contribution in [-0.4, -0.2) is 30.7 Å². The molecule has 0 saturated carbocycles. The van der Waals surface area contributed by atoms with Crippen LogP contribution in [-0.2, 0) is 0 Å². The molecule has 1 aliphatic heterocycles. The van der Waals surface area contributed by atoms with Crippen LogP contribution in [0.25, 0.3) is 22.2 Å². The number of hydrogen-bond acceptors (Lipinski definition) is 5. The van der Waals surface area contributed by atoms with Crippen molar-refractivity contribution in [1.82, 2.24) is 4.98 Å². The molecule has 5 rings (SSSR count). The number of hydrogen-bond donors (Lipinski definition) is 1. The fourth-order valence-electron chi connectivity index (χ4n) is 3.77. The van der Waals surface area contributed by atoms with Crippen LogP contribution >= 0.6 is 0 Å². The second-order valence-electron chi connectivity index (χ2n) is 7.76. The predicted octanol–water partition coefficient (Wildman–Crippen LogP) is 5.71. The van der Waals surface area contributed by atoms with Gasteiger partial charge in [-0.3, -0.25) is 4.79 Å². The number of ether oxygens (including phenoxy) is 3. The zero-order valence-corrected chi connectivity index (χ0v) is 18.3. The number of pyridine rings is 1. The second-order valence-corrected chi connectivity index (χ2v) is 7.76. The highest BCUT2D eigenvalue weighted by molar-refractivity contribution is 6.13. The molecule has 0 bridgehead atoms. The van der Waals surface area contributed by atoms with Crippen LogP contribution in [0.5, 0.6) is 17.2 Å². The number of carbonyl (C=O) groups is 1. The summed E-state index contributed by atoms with van der Waals surface area (Å²) in [5, 5.41) is 3.78. The van der Waals surface area contributed by atoms with Gasteiger partial charge >= 0.3 is 0 Å². The van der Waals surface area contributed by atoms with Crippen molar-refractivity contribution in [3.63, 3.8) is 0 Å². The van der Waals surface area contributed by atoms with E-state index >= 15 is 0 Å². The van der Waals surface area contributed by atoms with E-state index < -0.39 is 0 Å². The molecule has 6 heteroatoms. The lowest BCUT2D eigenvalue weighted by Gasteiger charge is -2.19. The topological polar surface area (TPSA) is 69.7 Å². The number of amides is 1. The second kappa shape index (κ2) is 9.20. The number of para-hydroxylation sites is 1. The van der Waals surface area contributed by atoms with Gasteiger partial charge in [0, 0.05) is 22.7 Å². The van der Waals surface area contributed by atoms with Crippen LogP contribution in [0.1, 0.15) is 23.7 Å². The third-order valence-electron chi connectivity index (χ3n) is 5.38. The van der Waals surface area contributed by atoms with E-state index in [4.69, 9.17) is 19.2 Å². The van der Waals surface area contributed by atoms with Crippen molar-refractivity contribution < 1.29 is 19.0 Å². The van der Waals surface area contributed by atoms with E-state index in [1.54, 1.807) is 6.07 Å². The van der Waals surface area contributed by atoms with E-state index in [9.17, 15) is 4.79 Å². The van der Waals surface area contributed by atoms with Crippen LogP contribution in [0.4, 0.5) is 5.69 Å². The highest BCUT2D eigenvalue weighted by Crippen LogP contribution is 2.33. The monoisotopic (exact) mass is 440 g/mol. The third-order valence-corrected chi connectivity index (χ3v) is 5.38. The molecule has 0 aliphatic carbocycles. The molecule has 0 unspecified atom stereocenters. The molecule has 2 heterocycles. The van der Waals surface area contributed by atoms with Gasteiger partial charge in [0.2, 0.25) is 0 Å². The first-order valence-electron chi connectivity index (χ1n) is 11.1. The zero-order chi connectivity index (χ0) is 22.6. The van der Waals surface area contributed by atoms with Crippen LogP contribution in [0.3, 0.4) is 0 Å². The number of nitrogens with one attached hydrogen (secondary N) is 1. The van der Waals surface area contributed by atoms with Crippen LogP contribution in [0.15, 0.2) is 72.8 Å². The first-order chi connectivity index (χ1) is 16.2. The van der Waals surface area contributed by atoms with E-state index in [0.717, 1.165) is 34.3 Å². The van der Waals surface area contributed by atoms with Crippen LogP contribution in [0, 0.1) is 0 Å². The van der Waals surface area contributed by atoms with Gasteiger partial charge in [0.15, 0.2) is 11.5 Å². The molecule has 0 saturated heterocycles. The van der Waals surface area contributed by atoms with Crippen LogP contribution in [0.2, 0.25) is 0 Å². The van der Waals surface area contributed by atoms with E-state index in [0.29, 0.717) is 42.6 Å². The predicted molar refractivity (Wildman–Crippen MR) is 128 cm³/mol. The first kappa shape index (κ1) is 20.8. The maximum atomic E-state index is 13.3. The summed E-state index contributed by atoms with van der Waals surface area (Å²) in [6.45, 7) is 3.77. The van der Waals surface area contributed by atoms with Gasteiger partial charge in [0.1, 0.15) is 19.0 Å². The Morgan fingerprint density at radius 2 is 1.76 bits per heavy atom. The number of benzene rings is 3. The Morgan fingerprint density at radius 1 is 0.970 bits per heavy atom. The summed E-state index contributed by atoms with van der Waals surface area (Å²) in [5.41, 5.74) is 3.59. The summed E-state index contributed by atoms with van der Waals surface area (Å²) in [7, 11) is 0. The molecule has 0 radical (unpaired) electrons. The number of aromatic nitrogens is 1. The van der Waals surface area contributed by atoms with Gasteiger partial charge in [-0.15, -0.1) is 0 Å². The minimum absolute atomic E-state index is 0.213. The minimum atomic E-state index is -0.213. The molecule has 0 spiro atoms. The summed E-state index contributed by atoms with van der Waals surface area (Å²) in [5.74, 6) is 1.92. The van der Waals surface area contributed by atoms with Crippen molar-refractivity contribution in [2.75, 3.05) is 25.1 Å². The van der Waals surface area contributed by atoms with Crippen molar-refractivity contribution >= 4 is 22.5 Å². The first-order valence-corrected chi connectivity index (χ1v) is 11.1. The van der Waals surface area contributed by atoms with E-state index in [1.807, 2.05) is 66.7 Å². The molecule has 1 aliphatic rings. The van der Waals surface area contributed by atoms with Crippen molar-refractivity contribution in [3.05, 3.63) is 78.4 Å². The molecule has 6 nitrogen and oxygen atoms in total. The SMILES string of the molecule is CCCOc1ccc(-c2cc(C(=O)Nc3ccc4c(c3)OCCO4)c3ccccc3n2)cc1. The fourth-order valence-corrected chi connectivity index (χ4v) is 3.77. The Balaban J connectivity index is 1.47. The standard InChI is InChI=1S/C27H24N2O4/c1-2-13-31-20-10-7-18(8-11-20)24-17-22(21-5-3-4-6-23(21)29-24)27(30)28-19-9-12-25-26(16-19)33-15-14-32-25/h3-12,16-17H,2,13-15H2,1H3,(H,28,30). The molecule has 166 valence electrons. The Morgan fingerprint density at radius 3 is 2.58 bits per heavy atom. The van der Waals surface area contributed by atoms with Gasteiger partial charge in [0.05, 0.1) is 23.4 Å². The Hall–Kier alpha value is -4.06. The third kappa shape index (κ3) is 4.46. The van der Waals surface area contributed by atoms with Gasteiger partial charge < -0.3 is 19.5 Å². The van der Waals surface area contributed by atoms with Crippen molar-refractivity contribution in [3.8, 4) is 28.5 Å². The lowest BCUT2D eigenvalue weighted by atomic mass is 10.0. The average Bonchev–Trinajstić information content (AvgIpc) is 2.87. The Kier molecular flexibility index (Phi) is 5.81. The fraction of sp³-hybridized carbons (Fsp3) is 0.185. The number of carbonyl (C=O) groups excluding carboxylic acids is 1. The lowest BCUT2D eigenvalue weighted by molar-refractivity contribution is 0.102. The molecule has 1 aromatic heterocycles. The van der Waals surface area contributed by atoms with E-state index in [-0.39, 0.29) is 5.91 Å². The molecular weight excluding hydrogens is 416 g/mol. The van der Waals surface area contributed by atoms with Gasteiger partial charge in [-0.2, -0.15) is 0 Å². The molecule has 3 aromatic carbocycles. The van der Waals surface area contributed by atoms with E-state index in [2.05, 4.69) is 12.2 Å². The normalized spacial score (nSPS) is 12.4. The molecule has 1 amide bonds. The molecule has 1 N–H and O–H groups in total. The van der Waals surface area contributed by atoms with Gasteiger partial charge in [0.25, 0.3) is 5.91 Å².